The van der Waals surface area contributed by atoms with Crippen molar-refractivity contribution in [2.75, 3.05) is 32.7 Å². The Morgan fingerprint density at radius 3 is 2.09 bits per heavy atom. The van der Waals surface area contributed by atoms with Gasteiger partial charge in [-0.3, -0.25) is 52.8 Å². The highest BCUT2D eigenvalue weighted by molar-refractivity contribution is 6.01. The van der Waals surface area contributed by atoms with Gasteiger partial charge in [0.2, 0.25) is 41.4 Å². The van der Waals surface area contributed by atoms with E-state index in [1.54, 1.807) is 6.07 Å². The van der Waals surface area contributed by atoms with E-state index in [-0.39, 0.29) is 81.9 Å². The van der Waals surface area contributed by atoms with Gasteiger partial charge >= 0.3 is 5.97 Å². The second-order valence-corrected chi connectivity index (χ2v) is 20.2. The molecule has 0 radical (unpaired) electrons. The van der Waals surface area contributed by atoms with Gasteiger partial charge in [0.15, 0.2) is 0 Å². The monoisotopic (exact) mass is 1050 g/mol. The van der Waals surface area contributed by atoms with Gasteiger partial charge in [0.05, 0.1) is 56.4 Å². The van der Waals surface area contributed by atoms with Crippen LogP contribution >= 0.6 is 0 Å². The van der Waals surface area contributed by atoms with Gasteiger partial charge in [0.25, 0.3) is 17.7 Å². The van der Waals surface area contributed by atoms with E-state index < -0.39 is 108 Å². The number of aromatic nitrogens is 1. The number of primary amides is 1. The molecule has 24 heteroatoms. The fourth-order valence-corrected chi connectivity index (χ4v) is 9.14. The molecule has 24 nitrogen and oxygen atoms in total. The third-order valence-corrected chi connectivity index (χ3v) is 12.9. The highest BCUT2D eigenvalue weighted by Crippen LogP contribution is 2.39. The summed E-state index contributed by atoms with van der Waals surface area (Å²) in [5, 5.41) is 30.6. The normalized spacial score (nSPS) is 18.8. The summed E-state index contributed by atoms with van der Waals surface area (Å²) >= 11 is 0. The van der Waals surface area contributed by atoms with E-state index in [4.69, 9.17) is 10.6 Å². The van der Waals surface area contributed by atoms with Crippen molar-refractivity contribution >= 4 is 65.0 Å². The predicted octanol–water partition coefficient (Wildman–Crippen LogP) is -0.928. The lowest BCUT2D eigenvalue weighted by Gasteiger charge is -2.47. The number of nitrogens with two attached hydrogens (primary N) is 1. The fourth-order valence-electron chi connectivity index (χ4n) is 9.14. The molecule has 1 aromatic heterocycles. The molecule has 1 aromatic carbocycles. The molecule has 10 amide bonds. The van der Waals surface area contributed by atoms with Gasteiger partial charge in [-0.05, 0) is 76.0 Å². The molecular weight excluding hydrogens is 975 g/mol. The van der Waals surface area contributed by atoms with Crippen LogP contribution in [0.3, 0.4) is 0 Å². The zero-order valence-electron chi connectivity index (χ0n) is 42.8. The molecule has 2 saturated heterocycles. The number of imide groups is 1. The lowest BCUT2D eigenvalue weighted by Crippen LogP contribution is -2.61. The smallest absolute Gasteiger partial charge is 0.334 e. The number of nitrogens with zero attached hydrogens (tertiary/aromatic N) is 3. The molecule has 6 unspecified atom stereocenters. The number of nitrogens with one attached hydrogen (secondary N) is 7. The summed E-state index contributed by atoms with van der Waals surface area (Å²) in [5.74, 6) is -6.30. The largest absolute Gasteiger partial charge is 0.390 e. The molecule has 3 fully saturated rings. The summed E-state index contributed by atoms with van der Waals surface area (Å²) in [6.07, 6.45) is 2.88. The summed E-state index contributed by atoms with van der Waals surface area (Å²) in [4.78, 5) is 149. The first kappa shape index (κ1) is 58.5. The third-order valence-electron chi connectivity index (χ3n) is 12.9. The molecular formula is C51H71N11O13. The van der Waals surface area contributed by atoms with E-state index >= 15 is 0 Å². The number of piperidine rings is 1. The summed E-state index contributed by atoms with van der Waals surface area (Å²) in [6.45, 7) is 5.24. The third kappa shape index (κ3) is 19.8. The summed E-state index contributed by atoms with van der Waals surface area (Å²) in [5.41, 5.74) is 6.04. The maximum Gasteiger partial charge on any atom is 0.334 e. The minimum atomic E-state index is -1.46. The molecule has 10 N–H and O–H groups in total. The molecule has 6 atom stereocenters. The minimum Gasteiger partial charge on any atom is -0.390 e. The first-order valence-corrected chi connectivity index (χ1v) is 25.4. The van der Waals surface area contributed by atoms with Crippen LogP contribution in [0, 0.1) is 11.8 Å². The van der Waals surface area contributed by atoms with Crippen LogP contribution in [0.2, 0.25) is 0 Å². The molecule has 0 spiro atoms. The first-order chi connectivity index (χ1) is 35.6. The van der Waals surface area contributed by atoms with Crippen molar-refractivity contribution in [3.05, 3.63) is 65.5 Å². The Balaban J connectivity index is 1.07. The molecule has 1 saturated carbocycles. The van der Waals surface area contributed by atoms with Crippen molar-refractivity contribution in [2.45, 2.75) is 141 Å². The second-order valence-electron chi connectivity index (χ2n) is 20.2. The van der Waals surface area contributed by atoms with Crippen LogP contribution in [0.4, 0.5) is 0 Å². The number of aliphatic hydroxyl groups is 1. The number of likely N-dealkylation sites (tertiary alicyclic amines) is 1. The lowest BCUT2D eigenvalue weighted by molar-refractivity contribution is -0.197. The Labute approximate surface area is 435 Å². The average Bonchev–Trinajstić information content (AvgIpc) is 3.67. The molecule has 1 aliphatic carbocycles. The van der Waals surface area contributed by atoms with Crippen LogP contribution in [-0.4, -0.2) is 148 Å². The SMILES string of the molecule is CC(C)(C)NC(=O)C1CC2CCCCC2CN1CC(O)C(Cc1ccccc1)NC(=O)C(CC(N)=O)NC(=O)c1cccc(CNC(=O)CCCC(=O)NCC(=O)NCC(=O)NCCC(=O)ON2C(=O)CCC2=O)n1. The molecule has 3 aliphatic rings. The van der Waals surface area contributed by atoms with Crippen molar-refractivity contribution in [1.82, 2.24) is 52.2 Å². The Bertz CT molecular complexity index is 2380. The number of carbonyl (C=O) groups excluding carboxylic acids is 11. The fraction of sp³-hybridized carbons (Fsp3) is 0.569. The second kappa shape index (κ2) is 28.4. The van der Waals surface area contributed by atoms with Gasteiger partial charge in [-0.15, -0.1) is 5.06 Å². The Hall–Kier alpha value is -7.34. The molecule has 3 heterocycles. The quantitative estimate of drug-likeness (QED) is 0.0514. The molecule has 75 heavy (non-hydrogen) atoms. The number of benzene rings is 1. The van der Waals surface area contributed by atoms with Crippen molar-refractivity contribution < 1.29 is 62.7 Å². The van der Waals surface area contributed by atoms with E-state index in [1.807, 2.05) is 56.0 Å². The zero-order chi connectivity index (χ0) is 54.7. The number of hydroxylamine groups is 2. The standard InChI is InChI=1S/C51H71N11O13/c1-51(2,3)60-50(74)38-24-32-13-7-8-14-33(32)29-61(38)30-39(63)36(23-31-11-5-4-6-12-31)58-49(73)37(25-40(52)64)59-48(72)35-16-9-15-34(57-35)26-54-41(65)17-10-18-42(66)55-28-44(68)56-27-43(67)53-22-21-47(71)75-62-45(69)19-20-46(62)70/h4-6,9,11-12,15-16,32-33,36-39,63H,7-8,10,13-14,17-30H2,1-3H3,(H2,52,64)(H,53,67)(H,54,65)(H,55,66)(H,56,68)(H,58,73)(H,59,72)(H,60,74). The summed E-state index contributed by atoms with van der Waals surface area (Å²) < 4.78 is 0. The summed E-state index contributed by atoms with van der Waals surface area (Å²) in [6, 6.07) is 10.8. The molecule has 2 aliphatic heterocycles. The van der Waals surface area contributed by atoms with E-state index in [9.17, 15) is 57.8 Å². The first-order valence-electron chi connectivity index (χ1n) is 25.4. The predicted molar refractivity (Wildman–Crippen MR) is 267 cm³/mol. The number of rotatable bonds is 26. The Morgan fingerprint density at radius 2 is 1.43 bits per heavy atom. The van der Waals surface area contributed by atoms with Gasteiger partial charge < -0.3 is 52.9 Å². The molecule has 408 valence electrons. The van der Waals surface area contributed by atoms with E-state index in [2.05, 4.69) is 42.2 Å². The maximum atomic E-state index is 14.1. The van der Waals surface area contributed by atoms with E-state index in [0.717, 1.165) is 31.2 Å². The van der Waals surface area contributed by atoms with Gasteiger partial charge in [-0.2, -0.15) is 0 Å². The molecule has 5 rings (SSSR count). The highest BCUT2D eigenvalue weighted by Gasteiger charge is 2.42. The average molecular weight is 1050 g/mol. The maximum absolute atomic E-state index is 14.1. The molecule has 2 aromatic rings. The van der Waals surface area contributed by atoms with Crippen LogP contribution in [0.25, 0.3) is 0 Å². The van der Waals surface area contributed by atoms with Crippen molar-refractivity contribution in [3.8, 4) is 0 Å². The van der Waals surface area contributed by atoms with E-state index in [0.29, 0.717) is 29.9 Å². The van der Waals surface area contributed by atoms with Crippen LogP contribution in [0.5, 0.6) is 0 Å². The number of amides is 10. The van der Waals surface area contributed by atoms with Crippen LogP contribution in [0.15, 0.2) is 48.5 Å². The van der Waals surface area contributed by atoms with Crippen molar-refractivity contribution in [2.24, 2.45) is 17.6 Å². The number of hydrogen-bond acceptors (Lipinski definition) is 15. The zero-order valence-corrected chi connectivity index (χ0v) is 42.8. The number of aliphatic hydroxyl groups excluding tert-OH is 1. The van der Waals surface area contributed by atoms with E-state index in [1.165, 1.54) is 12.1 Å². The molecule has 0 bridgehead atoms. The highest BCUT2D eigenvalue weighted by atomic mass is 16.7. The minimum absolute atomic E-state index is 0.0589. The van der Waals surface area contributed by atoms with Gasteiger partial charge in [0, 0.05) is 50.9 Å². The topological polar surface area (TPSA) is 347 Å². The number of carbonyl (C=O) groups is 11. The summed E-state index contributed by atoms with van der Waals surface area (Å²) in [7, 11) is 0. The van der Waals surface area contributed by atoms with Gasteiger partial charge in [-0.25, -0.2) is 9.78 Å². The van der Waals surface area contributed by atoms with Crippen LogP contribution in [0.1, 0.15) is 120 Å². The number of β-amino-alcohol motifs (C(OH)–C–C–N with tert-alkyl or cyclic N) is 1. The Kier molecular flexibility index (Phi) is 22.1. The number of fused-ring (bicyclic) bond motifs is 1. The van der Waals surface area contributed by atoms with Crippen LogP contribution < -0.4 is 43.0 Å². The van der Waals surface area contributed by atoms with Crippen LogP contribution in [-0.2, 0) is 65.7 Å². The number of pyridine rings is 1. The van der Waals surface area contributed by atoms with Gasteiger partial charge in [-0.1, -0.05) is 55.7 Å². The van der Waals surface area contributed by atoms with Gasteiger partial charge in [0.1, 0.15) is 11.7 Å². The number of hydrogen-bond donors (Lipinski definition) is 9. The lowest BCUT2D eigenvalue weighted by atomic mass is 9.72. The van der Waals surface area contributed by atoms with Crippen molar-refractivity contribution in [1.29, 1.82) is 0 Å². The van der Waals surface area contributed by atoms with Crippen molar-refractivity contribution in [3.63, 3.8) is 0 Å². The Morgan fingerprint density at radius 1 is 0.787 bits per heavy atom.